The molecule has 3 N–H and O–H groups in total. The van der Waals surface area contributed by atoms with Crippen molar-refractivity contribution in [1.82, 2.24) is 10.6 Å². The summed E-state index contributed by atoms with van der Waals surface area (Å²) in [6.07, 6.45) is 0. The number of benzene rings is 2. The third-order valence-corrected chi connectivity index (χ3v) is 4.34. The van der Waals surface area contributed by atoms with Gasteiger partial charge in [0.25, 0.3) is 11.8 Å². The molecule has 0 aliphatic rings. The average molecular weight is 456 g/mol. The summed E-state index contributed by atoms with van der Waals surface area (Å²) >= 11 is 3.11. The second kappa shape index (κ2) is 9.70. The van der Waals surface area contributed by atoms with E-state index in [4.69, 9.17) is 4.42 Å². The summed E-state index contributed by atoms with van der Waals surface area (Å²) in [5.41, 5.74) is 1.95. The molecule has 148 valence electrons. The molecule has 1 aromatic heterocycles. The van der Waals surface area contributed by atoms with E-state index in [0.717, 1.165) is 5.56 Å². The number of furan rings is 1. The van der Waals surface area contributed by atoms with Crippen molar-refractivity contribution < 1.29 is 18.8 Å². The van der Waals surface area contributed by atoms with E-state index < -0.39 is 5.91 Å². The van der Waals surface area contributed by atoms with Crippen molar-refractivity contribution in [3.63, 3.8) is 0 Å². The molecule has 0 saturated heterocycles. The summed E-state index contributed by atoms with van der Waals surface area (Å²) in [5, 5.41) is 7.99. The van der Waals surface area contributed by atoms with Gasteiger partial charge in [0.15, 0.2) is 10.4 Å². The predicted octanol–water partition coefficient (Wildman–Crippen LogP) is 3.34. The molecule has 0 unspecified atom stereocenters. The minimum atomic E-state index is -0.481. The third-order valence-electron chi connectivity index (χ3n) is 3.92. The lowest BCUT2D eigenvalue weighted by Gasteiger charge is -2.09. The topological polar surface area (TPSA) is 100 Å². The van der Waals surface area contributed by atoms with Gasteiger partial charge < -0.3 is 20.4 Å². The number of hydrogen-bond donors (Lipinski definition) is 3. The zero-order valence-corrected chi connectivity index (χ0v) is 16.9. The number of nitrogens with one attached hydrogen (secondary N) is 3. The molecule has 0 saturated carbocycles. The molecular weight excluding hydrogens is 438 g/mol. The largest absolute Gasteiger partial charge is 0.444 e. The molecule has 2 aromatic carbocycles. The molecule has 7 nitrogen and oxygen atoms in total. The summed E-state index contributed by atoms with van der Waals surface area (Å²) in [4.78, 5) is 36.2. The SMILES string of the molecule is O=C(CNC(=O)c1ccc(Br)o1)NCc1cccc(C(=O)Nc2ccccc2)c1. The second-order valence-electron chi connectivity index (χ2n) is 6.08. The Hall–Kier alpha value is -3.39. The number of amides is 3. The van der Waals surface area contributed by atoms with Crippen LogP contribution in [-0.4, -0.2) is 24.3 Å². The Morgan fingerprint density at radius 2 is 1.66 bits per heavy atom. The molecule has 1 heterocycles. The van der Waals surface area contributed by atoms with Gasteiger partial charge >= 0.3 is 0 Å². The van der Waals surface area contributed by atoms with Gasteiger partial charge in [0.2, 0.25) is 5.91 Å². The van der Waals surface area contributed by atoms with Crippen LogP contribution >= 0.6 is 15.9 Å². The van der Waals surface area contributed by atoms with Crippen molar-refractivity contribution in [2.75, 3.05) is 11.9 Å². The first kappa shape index (κ1) is 20.3. The van der Waals surface area contributed by atoms with E-state index in [-0.39, 0.29) is 30.7 Å². The molecule has 3 rings (SSSR count). The molecule has 0 aliphatic heterocycles. The molecule has 3 aromatic rings. The van der Waals surface area contributed by atoms with Crippen molar-refractivity contribution in [2.45, 2.75) is 6.54 Å². The van der Waals surface area contributed by atoms with Gasteiger partial charge in [-0.1, -0.05) is 30.3 Å². The van der Waals surface area contributed by atoms with Gasteiger partial charge in [-0.25, -0.2) is 0 Å². The maximum absolute atomic E-state index is 12.4. The number of halogens is 1. The van der Waals surface area contributed by atoms with Crippen LogP contribution < -0.4 is 16.0 Å². The van der Waals surface area contributed by atoms with Gasteiger partial charge in [-0.15, -0.1) is 0 Å². The molecule has 8 heteroatoms. The molecule has 0 fully saturated rings. The molecule has 0 aliphatic carbocycles. The van der Waals surface area contributed by atoms with E-state index in [1.54, 1.807) is 42.5 Å². The molecule has 0 bridgehead atoms. The Bertz CT molecular complexity index is 1020. The van der Waals surface area contributed by atoms with Crippen LogP contribution in [0.2, 0.25) is 0 Å². The zero-order chi connectivity index (χ0) is 20.6. The van der Waals surface area contributed by atoms with Crippen molar-refractivity contribution in [3.05, 3.63) is 88.3 Å². The molecule has 3 amide bonds. The maximum atomic E-state index is 12.4. The van der Waals surface area contributed by atoms with Crippen LogP contribution in [0, 0.1) is 0 Å². The standard InChI is InChI=1S/C21H18BrN3O4/c22-18-10-9-17(29-18)21(28)24-13-19(26)23-12-14-5-4-6-15(11-14)20(27)25-16-7-2-1-3-8-16/h1-11H,12-13H2,(H,23,26)(H,24,28)(H,25,27). The Morgan fingerprint density at radius 3 is 2.38 bits per heavy atom. The van der Waals surface area contributed by atoms with Gasteiger partial charge in [-0.2, -0.15) is 0 Å². The molecule has 0 atom stereocenters. The number of hydrogen-bond acceptors (Lipinski definition) is 4. The molecule has 0 spiro atoms. The van der Waals surface area contributed by atoms with Crippen molar-refractivity contribution >= 4 is 39.3 Å². The minimum absolute atomic E-state index is 0.113. The highest BCUT2D eigenvalue weighted by atomic mass is 79.9. The smallest absolute Gasteiger partial charge is 0.287 e. The third kappa shape index (κ3) is 6.05. The highest BCUT2D eigenvalue weighted by Crippen LogP contribution is 2.13. The lowest BCUT2D eigenvalue weighted by Crippen LogP contribution is -2.36. The van der Waals surface area contributed by atoms with Crippen LogP contribution in [-0.2, 0) is 11.3 Å². The maximum Gasteiger partial charge on any atom is 0.287 e. The summed E-state index contributed by atoms with van der Waals surface area (Å²) in [7, 11) is 0. The summed E-state index contributed by atoms with van der Waals surface area (Å²) in [6, 6.07) is 19.2. The Balaban J connectivity index is 1.49. The fraction of sp³-hybridized carbons (Fsp3) is 0.0952. The van der Waals surface area contributed by atoms with E-state index >= 15 is 0 Å². The predicted molar refractivity (Wildman–Crippen MR) is 111 cm³/mol. The van der Waals surface area contributed by atoms with Gasteiger partial charge in [0, 0.05) is 17.8 Å². The fourth-order valence-corrected chi connectivity index (χ4v) is 2.80. The Kier molecular flexibility index (Phi) is 6.80. The van der Waals surface area contributed by atoms with Gasteiger partial charge in [0.05, 0.1) is 6.54 Å². The van der Waals surface area contributed by atoms with Crippen LogP contribution in [0.1, 0.15) is 26.5 Å². The highest BCUT2D eigenvalue weighted by molar-refractivity contribution is 9.10. The van der Waals surface area contributed by atoms with E-state index in [0.29, 0.717) is 15.9 Å². The lowest BCUT2D eigenvalue weighted by atomic mass is 10.1. The first-order valence-electron chi connectivity index (χ1n) is 8.77. The van der Waals surface area contributed by atoms with Crippen molar-refractivity contribution in [1.29, 1.82) is 0 Å². The first-order valence-corrected chi connectivity index (χ1v) is 9.56. The molecule has 0 radical (unpaired) electrons. The van der Waals surface area contributed by atoms with Crippen LogP contribution in [0.4, 0.5) is 5.69 Å². The molecule has 29 heavy (non-hydrogen) atoms. The quantitative estimate of drug-likeness (QED) is 0.508. The van der Waals surface area contributed by atoms with Gasteiger partial charge in [-0.3, -0.25) is 14.4 Å². The number of carbonyl (C=O) groups excluding carboxylic acids is 3. The van der Waals surface area contributed by atoms with Gasteiger partial charge in [-0.05, 0) is 57.9 Å². The highest BCUT2D eigenvalue weighted by Gasteiger charge is 2.12. The summed E-state index contributed by atoms with van der Waals surface area (Å²) in [6.45, 7) is 0.0405. The van der Waals surface area contributed by atoms with Crippen molar-refractivity contribution in [2.24, 2.45) is 0 Å². The van der Waals surface area contributed by atoms with Crippen LogP contribution in [0.25, 0.3) is 0 Å². The second-order valence-corrected chi connectivity index (χ2v) is 6.87. The monoisotopic (exact) mass is 455 g/mol. The summed E-state index contributed by atoms with van der Waals surface area (Å²) < 4.78 is 5.55. The number of rotatable bonds is 7. The lowest BCUT2D eigenvalue weighted by molar-refractivity contribution is -0.120. The van der Waals surface area contributed by atoms with Crippen LogP contribution in [0.3, 0.4) is 0 Å². The number of para-hydroxylation sites is 1. The zero-order valence-electron chi connectivity index (χ0n) is 15.3. The average Bonchev–Trinajstić information content (AvgIpc) is 3.18. The van der Waals surface area contributed by atoms with Crippen LogP contribution in [0.15, 0.2) is 75.8 Å². The van der Waals surface area contributed by atoms with Crippen molar-refractivity contribution in [3.8, 4) is 0 Å². The van der Waals surface area contributed by atoms with Crippen LogP contribution in [0.5, 0.6) is 0 Å². The summed E-state index contributed by atoms with van der Waals surface area (Å²) in [5.74, 6) is -0.961. The van der Waals surface area contributed by atoms with E-state index in [1.165, 1.54) is 6.07 Å². The number of carbonyl (C=O) groups is 3. The minimum Gasteiger partial charge on any atom is -0.444 e. The molecular formula is C21H18BrN3O4. The Labute approximate surface area is 175 Å². The Morgan fingerprint density at radius 1 is 0.862 bits per heavy atom. The first-order chi connectivity index (χ1) is 14.0. The van der Waals surface area contributed by atoms with E-state index in [1.807, 2.05) is 18.2 Å². The fourth-order valence-electron chi connectivity index (χ4n) is 2.49. The van der Waals surface area contributed by atoms with Gasteiger partial charge in [0.1, 0.15) is 0 Å². The van der Waals surface area contributed by atoms with E-state index in [9.17, 15) is 14.4 Å². The van der Waals surface area contributed by atoms with E-state index in [2.05, 4.69) is 31.9 Å². The number of anilines is 1. The normalized spacial score (nSPS) is 10.2.